The van der Waals surface area contributed by atoms with Crippen LogP contribution >= 0.6 is 0 Å². The van der Waals surface area contributed by atoms with Gasteiger partial charge in [-0.1, -0.05) is 6.92 Å². The van der Waals surface area contributed by atoms with Crippen LogP contribution in [0.1, 0.15) is 32.6 Å². The maximum Gasteiger partial charge on any atom is 0.237 e. The van der Waals surface area contributed by atoms with Crippen LogP contribution in [0.5, 0.6) is 0 Å². The highest BCUT2D eigenvalue weighted by molar-refractivity contribution is 5.81. The molecule has 0 bridgehead atoms. The van der Waals surface area contributed by atoms with Gasteiger partial charge in [-0.05, 0) is 45.3 Å². The van der Waals surface area contributed by atoms with Crippen LogP contribution in [0.3, 0.4) is 0 Å². The van der Waals surface area contributed by atoms with E-state index in [9.17, 15) is 4.79 Å². The minimum atomic E-state index is 0.0668. The minimum absolute atomic E-state index is 0.0668. The summed E-state index contributed by atoms with van der Waals surface area (Å²) in [5.74, 6) is 0.194. The number of hydrogen-bond donors (Lipinski definition) is 2. The lowest BCUT2D eigenvalue weighted by Gasteiger charge is -2.33. The van der Waals surface area contributed by atoms with E-state index in [1.54, 1.807) is 0 Å². The van der Waals surface area contributed by atoms with Gasteiger partial charge in [-0.25, -0.2) is 0 Å². The summed E-state index contributed by atoms with van der Waals surface area (Å²) in [7, 11) is 0. The van der Waals surface area contributed by atoms with Crippen LogP contribution in [0.2, 0.25) is 0 Å². The summed E-state index contributed by atoms with van der Waals surface area (Å²) >= 11 is 0. The summed E-state index contributed by atoms with van der Waals surface area (Å²) in [4.78, 5) is 16.8. The van der Waals surface area contributed by atoms with Gasteiger partial charge in [0.05, 0.1) is 6.04 Å². The topological polar surface area (TPSA) is 47.6 Å². The van der Waals surface area contributed by atoms with E-state index in [1.165, 1.54) is 45.7 Å². The lowest BCUT2D eigenvalue weighted by Crippen LogP contribution is -2.46. The van der Waals surface area contributed by atoms with Crippen LogP contribution in [0.25, 0.3) is 0 Å². The molecular weight excluding hydrogens is 252 g/mol. The van der Waals surface area contributed by atoms with Gasteiger partial charge in [-0.2, -0.15) is 0 Å². The van der Waals surface area contributed by atoms with Crippen LogP contribution in [0.15, 0.2) is 0 Å². The second-order valence-corrected chi connectivity index (χ2v) is 5.92. The molecule has 0 aromatic heterocycles. The second kappa shape index (κ2) is 8.60. The zero-order chi connectivity index (χ0) is 14.2. The van der Waals surface area contributed by atoms with E-state index >= 15 is 0 Å². The first-order valence-electron chi connectivity index (χ1n) is 8.25. The Balaban J connectivity index is 1.46. The van der Waals surface area contributed by atoms with Crippen LogP contribution in [0.4, 0.5) is 0 Å². The van der Waals surface area contributed by atoms with Crippen molar-refractivity contribution >= 4 is 5.91 Å². The normalized spacial score (nSPS) is 24.9. The molecule has 0 aromatic rings. The van der Waals surface area contributed by atoms with Crippen LogP contribution in [-0.4, -0.2) is 74.1 Å². The van der Waals surface area contributed by atoms with Gasteiger partial charge in [0.1, 0.15) is 0 Å². The summed E-state index contributed by atoms with van der Waals surface area (Å²) in [6, 6.07) is 0.0668. The standard InChI is InChI=1S/C15H30N4O/c1-2-18-10-12-19(13-11-18)9-4-3-7-17-15(20)14-6-5-8-16-14/h14,16H,2-13H2,1H3,(H,17,20)/t14-/m0/s1. The van der Waals surface area contributed by atoms with Crippen molar-refractivity contribution in [1.29, 1.82) is 0 Å². The minimum Gasteiger partial charge on any atom is -0.355 e. The Hall–Kier alpha value is -0.650. The predicted octanol–water partition coefficient (Wildman–Crippen LogP) is 0.272. The fraction of sp³-hybridized carbons (Fsp3) is 0.933. The summed E-state index contributed by atoms with van der Waals surface area (Å²) in [6.07, 6.45) is 4.40. The summed E-state index contributed by atoms with van der Waals surface area (Å²) in [5, 5.41) is 6.28. The molecule has 1 atom stereocenters. The zero-order valence-electron chi connectivity index (χ0n) is 12.9. The molecule has 20 heavy (non-hydrogen) atoms. The maximum absolute atomic E-state index is 11.8. The number of nitrogens with zero attached hydrogens (tertiary/aromatic N) is 2. The summed E-state index contributed by atoms with van der Waals surface area (Å²) in [6.45, 7) is 11.2. The molecule has 0 aromatic carbocycles. The molecule has 116 valence electrons. The molecule has 0 unspecified atom stereocenters. The Labute approximate surface area is 123 Å². The molecule has 2 aliphatic rings. The Morgan fingerprint density at radius 1 is 1.20 bits per heavy atom. The average molecular weight is 282 g/mol. The van der Waals surface area contributed by atoms with E-state index in [0.29, 0.717) is 0 Å². The highest BCUT2D eigenvalue weighted by Crippen LogP contribution is 2.05. The smallest absolute Gasteiger partial charge is 0.237 e. The largest absolute Gasteiger partial charge is 0.355 e. The van der Waals surface area contributed by atoms with Gasteiger partial charge in [-0.15, -0.1) is 0 Å². The number of piperazine rings is 1. The molecule has 2 N–H and O–H groups in total. The van der Waals surface area contributed by atoms with E-state index in [2.05, 4.69) is 27.4 Å². The average Bonchev–Trinajstić information content (AvgIpc) is 3.01. The van der Waals surface area contributed by atoms with Gasteiger partial charge in [0.2, 0.25) is 5.91 Å². The Bertz CT molecular complexity index is 284. The molecule has 0 spiro atoms. The van der Waals surface area contributed by atoms with Crippen molar-refractivity contribution in [3.8, 4) is 0 Å². The summed E-state index contributed by atoms with van der Waals surface area (Å²) in [5.41, 5.74) is 0. The molecule has 2 heterocycles. The molecule has 0 saturated carbocycles. The van der Waals surface area contributed by atoms with Gasteiger partial charge >= 0.3 is 0 Å². The quantitative estimate of drug-likeness (QED) is 0.658. The van der Waals surface area contributed by atoms with Gasteiger partial charge in [0.15, 0.2) is 0 Å². The molecule has 0 radical (unpaired) electrons. The van der Waals surface area contributed by atoms with Gasteiger partial charge < -0.3 is 20.4 Å². The number of nitrogens with one attached hydrogen (secondary N) is 2. The third kappa shape index (κ3) is 5.04. The number of carbonyl (C=O) groups is 1. The van der Waals surface area contributed by atoms with E-state index in [4.69, 9.17) is 0 Å². The first-order chi connectivity index (χ1) is 9.79. The number of unbranched alkanes of at least 4 members (excludes halogenated alkanes) is 1. The first kappa shape index (κ1) is 15.7. The van der Waals surface area contributed by atoms with Crippen molar-refractivity contribution < 1.29 is 4.79 Å². The zero-order valence-corrected chi connectivity index (χ0v) is 12.9. The van der Waals surface area contributed by atoms with Crippen molar-refractivity contribution in [2.75, 3.05) is 52.4 Å². The second-order valence-electron chi connectivity index (χ2n) is 5.92. The molecule has 1 amide bonds. The monoisotopic (exact) mass is 282 g/mol. The van der Waals surface area contributed by atoms with E-state index in [1.807, 2.05) is 0 Å². The van der Waals surface area contributed by atoms with Crippen molar-refractivity contribution in [2.45, 2.75) is 38.6 Å². The third-order valence-corrected chi connectivity index (χ3v) is 4.49. The molecular formula is C15H30N4O. The van der Waals surface area contributed by atoms with Crippen molar-refractivity contribution in [3.63, 3.8) is 0 Å². The van der Waals surface area contributed by atoms with E-state index in [0.717, 1.165) is 32.4 Å². The fourth-order valence-corrected chi connectivity index (χ4v) is 3.03. The SMILES string of the molecule is CCN1CCN(CCCCNC(=O)[C@@H]2CCCN2)CC1. The fourth-order valence-electron chi connectivity index (χ4n) is 3.03. The Morgan fingerprint density at radius 2 is 1.95 bits per heavy atom. The Kier molecular flexibility index (Phi) is 6.76. The third-order valence-electron chi connectivity index (χ3n) is 4.49. The van der Waals surface area contributed by atoms with Gasteiger partial charge in [0.25, 0.3) is 0 Å². The highest BCUT2D eigenvalue weighted by atomic mass is 16.2. The Morgan fingerprint density at radius 3 is 2.60 bits per heavy atom. The highest BCUT2D eigenvalue weighted by Gasteiger charge is 2.21. The van der Waals surface area contributed by atoms with Crippen LogP contribution in [0, 0.1) is 0 Å². The van der Waals surface area contributed by atoms with Crippen molar-refractivity contribution in [1.82, 2.24) is 20.4 Å². The van der Waals surface area contributed by atoms with E-state index < -0.39 is 0 Å². The molecule has 2 saturated heterocycles. The van der Waals surface area contributed by atoms with E-state index in [-0.39, 0.29) is 11.9 Å². The molecule has 5 nitrogen and oxygen atoms in total. The first-order valence-corrected chi connectivity index (χ1v) is 8.25. The number of hydrogen-bond acceptors (Lipinski definition) is 4. The van der Waals surface area contributed by atoms with Crippen molar-refractivity contribution in [3.05, 3.63) is 0 Å². The van der Waals surface area contributed by atoms with Crippen LogP contribution in [-0.2, 0) is 4.79 Å². The van der Waals surface area contributed by atoms with Gasteiger partial charge in [-0.3, -0.25) is 4.79 Å². The van der Waals surface area contributed by atoms with Crippen molar-refractivity contribution in [2.24, 2.45) is 0 Å². The predicted molar refractivity (Wildman–Crippen MR) is 81.8 cm³/mol. The lowest BCUT2D eigenvalue weighted by atomic mass is 10.2. The molecule has 2 fully saturated rings. The van der Waals surface area contributed by atoms with Crippen LogP contribution < -0.4 is 10.6 Å². The number of carbonyl (C=O) groups excluding carboxylic acids is 1. The lowest BCUT2D eigenvalue weighted by molar-refractivity contribution is -0.122. The maximum atomic E-state index is 11.8. The molecule has 5 heteroatoms. The molecule has 2 aliphatic heterocycles. The number of rotatable bonds is 7. The number of amides is 1. The molecule has 0 aliphatic carbocycles. The summed E-state index contributed by atoms with van der Waals surface area (Å²) < 4.78 is 0. The number of likely N-dealkylation sites (N-methyl/N-ethyl adjacent to an activating group) is 1. The molecule has 2 rings (SSSR count). The van der Waals surface area contributed by atoms with Gasteiger partial charge in [0, 0.05) is 32.7 Å².